The van der Waals surface area contributed by atoms with E-state index in [2.05, 4.69) is 0 Å². The summed E-state index contributed by atoms with van der Waals surface area (Å²) in [5, 5.41) is 8.90. The first-order chi connectivity index (χ1) is 13.0. The van der Waals surface area contributed by atoms with Crippen LogP contribution in [0.15, 0.2) is 29.2 Å². The first kappa shape index (κ1) is 19.4. The number of amides is 2. The molecule has 0 aliphatic carbocycles. The van der Waals surface area contributed by atoms with Gasteiger partial charge >= 0.3 is 5.97 Å². The van der Waals surface area contributed by atoms with Crippen molar-refractivity contribution in [3.63, 3.8) is 0 Å². The number of benzene rings is 1. The van der Waals surface area contributed by atoms with E-state index >= 15 is 0 Å². The van der Waals surface area contributed by atoms with Gasteiger partial charge in [-0.3, -0.25) is 19.3 Å². The molecule has 1 aromatic rings. The number of thioether (sulfide) groups is 1. The lowest BCUT2D eigenvalue weighted by Crippen LogP contribution is -2.33. The fourth-order valence-corrected chi connectivity index (χ4v) is 4.09. The number of rotatable bonds is 6. The van der Waals surface area contributed by atoms with Gasteiger partial charge in [-0.2, -0.15) is 0 Å². The Morgan fingerprint density at radius 3 is 2.67 bits per heavy atom. The maximum Gasteiger partial charge on any atom is 0.323 e. The highest BCUT2D eigenvalue weighted by Gasteiger charge is 2.33. The van der Waals surface area contributed by atoms with Gasteiger partial charge in [-0.05, 0) is 25.0 Å². The molecule has 0 atom stereocenters. The third-order valence-electron chi connectivity index (χ3n) is 4.18. The number of hydrogen-bond donors (Lipinski definition) is 1. The lowest BCUT2D eigenvalue weighted by atomic mass is 10.2. The van der Waals surface area contributed by atoms with E-state index in [1.807, 2.05) is 0 Å². The minimum absolute atomic E-state index is 0.0601. The van der Waals surface area contributed by atoms with Gasteiger partial charge in [0.25, 0.3) is 11.8 Å². The summed E-state index contributed by atoms with van der Waals surface area (Å²) in [4.78, 5) is 38.6. The maximum absolute atomic E-state index is 12.4. The number of carbonyl (C=O) groups is 3. The van der Waals surface area contributed by atoms with Crippen LogP contribution in [-0.4, -0.2) is 63.3 Å². The van der Waals surface area contributed by atoms with Crippen molar-refractivity contribution < 1.29 is 24.2 Å². The second kappa shape index (κ2) is 8.53. The van der Waals surface area contributed by atoms with Crippen LogP contribution < -0.4 is 4.74 Å². The Bertz CT molecular complexity index is 818. The average molecular weight is 406 g/mol. The molecule has 2 heterocycles. The topological polar surface area (TPSA) is 87.1 Å². The van der Waals surface area contributed by atoms with Gasteiger partial charge < -0.3 is 14.7 Å². The normalized spacial score (nSPS) is 18.4. The molecule has 2 fully saturated rings. The molecule has 0 unspecified atom stereocenters. The Morgan fingerprint density at radius 1 is 1.26 bits per heavy atom. The largest absolute Gasteiger partial charge is 0.483 e. The summed E-state index contributed by atoms with van der Waals surface area (Å²) >= 11 is 6.14. The minimum Gasteiger partial charge on any atom is -0.483 e. The molecule has 0 spiro atoms. The number of carboxylic acids is 1. The molecule has 27 heavy (non-hydrogen) atoms. The molecule has 0 saturated carbocycles. The smallest absolute Gasteiger partial charge is 0.323 e. The summed E-state index contributed by atoms with van der Waals surface area (Å²) < 4.78 is 5.88. The highest BCUT2D eigenvalue weighted by molar-refractivity contribution is 8.26. The van der Waals surface area contributed by atoms with Crippen molar-refractivity contribution in [3.05, 3.63) is 34.7 Å². The van der Waals surface area contributed by atoms with E-state index < -0.39 is 18.4 Å². The number of para-hydroxylation sites is 1. The van der Waals surface area contributed by atoms with E-state index in [1.165, 1.54) is 0 Å². The molecule has 3 rings (SSSR count). The Kier molecular flexibility index (Phi) is 6.12. The molecule has 2 aliphatic rings. The molecule has 2 saturated heterocycles. The molecule has 2 aliphatic heterocycles. The number of carboxylic acid groups (broad SMARTS) is 1. The molecule has 2 amide bonds. The molecule has 142 valence electrons. The average Bonchev–Trinajstić information content (AvgIpc) is 3.26. The van der Waals surface area contributed by atoms with Gasteiger partial charge in [-0.1, -0.05) is 42.2 Å². The third kappa shape index (κ3) is 4.67. The van der Waals surface area contributed by atoms with Crippen molar-refractivity contribution in [3.8, 4) is 5.75 Å². The van der Waals surface area contributed by atoms with Gasteiger partial charge in [0.15, 0.2) is 6.61 Å². The molecule has 9 heteroatoms. The van der Waals surface area contributed by atoms with Crippen LogP contribution in [0.2, 0.25) is 0 Å². The summed E-state index contributed by atoms with van der Waals surface area (Å²) in [5.41, 5.74) is 0.627. The zero-order valence-corrected chi connectivity index (χ0v) is 16.1. The standard InChI is InChI=1S/C18H18N2O5S2/c21-15(19-7-3-4-8-19)11-25-13-6-2-1-5-12(13)9-14-17(24)20(10-16(22)23)18(26)27-14/h1-2,5-6,9H,3-4,7-8,10-11H2,(H,22,23)/b14-9+. The van der Waals surface area contributed by atoms with Crippen LogP contribution in [0.5, 0.6) is 5.75 Å². The summed E-state index contributed by atoms with van der Waals surface area (Å²) in [6.07, 6.45) is 3.64. The van der Waals surface area contributed by atoms with Crippen molar-refractivity contribution in [1.29, 1.82) is 0 Å². The van der Waals surface area contributed by atoms with Gasteiger partial charge in [0.05, 0.1) is 4.91 Å². The number of ether oxygens (including phenoxy) is 1. The van der Waals surface area contributed by atoms with Crippen LogP contribution in [0.1, 0.15) is 18.4 Å². The second-order valence-corrected chi connectivity index (χ2v) is 7.75. The van der Waals surface area contributed by atoms with E-state index in [1.54, 1.807) is 35.2 Å². The minimum atomic E-state index is -1.13. The zero-order chi connectivity index (χ0) is 19.4. The number of carbonyl (C=O) groups excluding carboxylic acids is 2. The Balaban J connectivity index is 1.73. The number of hydrogen-bond acceptors (Lipinski definition) is 6. The van der Waals surface area contributed by atoms with Crippen molar-refractivity contribution >= 4 is 52.2 Å². The number of thiocarbonyl (C=S) groups is 1. The summed E-state index contributed by atoms with van der Waals surface area (Å²) in [6.45, 7) is 0.987. The lowest BCUT2D eigenvalue weighted by molar-refractivity contribution is -0.140. The lowest BCUT2D eigenvalue weighted by Gasteiger charge is -2.16. The van der Waals surface area contributed by atoms with E-state index in [-0.39, 0.29) is 16.8 Å². The maximum atomic E-state index is 12.4. The van der Waals surface area contributed by atoms with Gasteiger partial charge in [0.1, 0.15) is 16.6 Å². The number of likely N-dealkylation sites (tertiary alicyclic amines) is 1. The van der Waals surface area contributed by atoms with Crippen LogP contribution in [0.4, 0.5) is 0 Å². The zero-order valence-electron chi connectivity index (χ0n) is 14.4. The highest BCUT2D eigenvalue weighted by atomic mass is 32.2. The quantitative estimate of drug-likeness (QED) is 0.571. The first-order valence-corrected chi connectivity index (χ1v) is 9.65. The summed E-state index contributed by atoms with van der Waals surface area (Å²) in [5.74, 6) is -1.16. The van der Waals surface area contributed by atoms with E-state index in [0.717, 1.165) is 42.6 Å². The Hall–Kier alpha value is -2.39. The van der Waals surface area contributed by atoms with Gasteiger partial charge in [-0.15, -0.1) is 0 Å². The van der Waals surface area contributed by atoms with E-state index in [9.17, 15) is 14.4 Å². The van der Waals surface area contributed by atoms with Gasteiger partial charge in [0.2, 0.25) is 0 Å². The van der Waals surface area contributed by atoms with Crippen molar-refractivity contribution in [2.45, 2.75) is 12.8 Å². The molecule has 1 N–H and O–H groups in total. The van der Waals surface area contributed by atoms with Crippen molar-refractivity contribution in [1.82, 2.24) is 9.80 Å². The Labute approximate surface area is 166 Å². The van der Waals surface area contributed by atoms with Crippen molar-refractivity contribution in [2.75, 3.05) is 26.2 Å². The van der Waals surface area contributed by atoms with Crippen LogP contribution in [0, 0.1) is 0 Å². The Morgan fingerprint density at radius 2 is 1.96 bits per heavy atom. The molecular formula is C18H18N2O5S2. The molecule has 1 aromatic carbocycles. The molecule has 0 bridgehead atoms. The van der Waals surface area contributed by atoms with Crippen LogP contribution in [0.25, 0.3) is 6.08 Å². The fraction of sp³-hybridized carbons (Fsp3) is 0.333. The van der Waals surface area contributed by atoms with Crippen LogP contribution in [0.3, 0.4) is 0 Å². The third-order valence-corrected chi connectivity index (χ3v) is 5.56. The van der Waals surface area contributed by atoms with Gasteiger partial charge in [-0.25, -0.2) is 0 Å². The second-order valence-electron chi connectivity index (χ2n) is 6.08. The SMILES string of the molecule is O=C(O)CN1C(=O)/C(=C\c2ccccc2OCC(=O)N2CCCC2)SC1=S. The van der Waals surface area contributed by atoms with Gasteiger partial charge in [0, 0.05) is 18.7 Å². The fourth-order valence-electron chi connectivity index (χ4n) is 2.84. The number of nitrogens with zero attached hydrogens (tertiary/aromatic N) is 2. The summed E-state index contributed by atoms with van der Waals surface area (Å²) in [7, 11) is 0. The molecular weight excluding hydrogens is 388 g/mol. The van der Waals surface area contributed by atoms with E-state index in [4.69, 9.17) is 22.1 Å². The monoisotopic (exact) mass is 406 g/mol. The molecule has 7 nitrogen and oxygen atoms in total. The molecule has 0 radical (unpaired) electrons. The van der Waals surface area contributed by atoms with Crippen LogP contribution >= 0.6 is 24.0 Å². The van der Waals surface area contributed by atoms with Crippen molar-refractivity contribution in [2.24, 2.45) is 0 Å². The summed E-state index contributed by atoms with van der Waals surface area (Å²) in [6, 6.07) is 7.06. The number of aliphatic carboxylic acids is 1. The highest BCUT2D eigenvalue weighted by Crippen LogP contribution is 2.34. The van der Waals surface area contributed by atoms with Crippen LogP contribution in [-0.2, 0) is 14.4 Å². The first-order valence-electron chi connectivity index (χ1n) is 8.42. The van der Waals surface area contributed by atoms with E-state index in [0.29, 0.717) is 16.2 Å². The predicted octanol–water partition coefficient (Wildman–Crippen LogP) is 1.97. The molecule has 0 aromatic heterocycles. The predicted molar refractivity (Wildman–Crippen MR) is 105 cm³/mol.